The highest BCUT2D eigenvalue weighted by atomic mass is 19.4. The van der Waals surface area contributed by atoms with E-state index in [0.717, 1.165) is 4.57 Å². The van der Waals surface area contributed by atoms with E-state index < -0.39 is 18.8 Å². The Labute approximate surface area is 78.0 Å². The Morgan fingerprint density at radius 3 is 2.71 bits per heavy atom. The van der Waals surface area contributed by atoms with Crippen molar-refractivity contribution < 1.29 is 18.3 Å². The van der Waals surface area contributed by atoms with Crippen LogP contribution in [0, 0.1) is 11.3 Å². The van der Waals surface area contributed by atoms with Crippen molar-refractivity contribution in [3.63, 3.8) is 0 Å². The van der Waals surface area contributed by atoms with Gasteiger partial charge < -0.3 is 9.67 Å². The van der Waals surface area contributed by atoms with Crippen LogP contribution in [0.4, 0.5) is 13.2 Å². The summed E-state index contributed by atoms with van der Waals surface area (Å²) in [6.07, 6.45) is -5.79. The van der Waals surface area contributed by atoms with Crippen LogP contribution in [0.15, 0.2) is 18.3 Å². The molecule has 0 saturated carbocycles. The Morgan fingerprint density at radius 2 is 2.21 bits per heavy atom. The van der Waals surface area contributed by atoms with Gasteiger partial charge in [0.25, 0.3) is 0 Å². The zero-order valence-electron chi connectivity index (χ0n) is 6.99. The van der Waals surface area contributed by atoms with Crippen molar-refractivity contribution in [2.45, 2.75) is 18.8 Å². The highest BCUT2D eigenvalue weighted by Crippen LogP contribution is 2.21. The minimum atomic E-state index is -4.66. The van der Waals surface area contributed by atoms with Gasteiger partial charge in [0, 0.05) is 6.20 Å². The van der Waals surface area contributed by atoms with Crippen LogP contribution in [-0.2, 0) is 6.54 Å². The maximum absolute atomic E-state index is 11.9. The molecule has 0 bridgehead atoms. The van der Waals surface area contributed by atoms with Crippen molar-refractivity contribution in [2.75, 3.05) is 0 Å². The summed E-state index contributed by atoms with van der Waals surface area (Å²) in [5, 5.41) is 17.2. The summed E-state index contributed by atoms with van der Waals surface area (Å²) in [6.45, 7) is -0.653. The van der Waals surface area contributed by atoms with Gasteiger partial charge in [-0.2, -0.15) is 18.4 Å². The Kier molecular flexibility index (Phi) is 2.81. The Balaban J connectivity index is 2.75. The van der Waals surface area contributed by atoms with Gasteiger partial charge in [0.1, 0.15) is 11.8 Å². The summed E-state index contributed by atoms with van der Waals surface area (Å²) in [5.74, 6) is 0. The van der Waals surface area contributed by atoms with E-state index in [9.17, 15) is 13.2 Å². The second kappa shape index (κ2) is 3.72. The summed E-state index contributed by atoms with van der Waals surface area (Å²) in [7, 11) is 0. The molecule has 0 aliphatic carbocycles. The van der Waals surface area contributed by atoms with Crippen LogP contribution in [0.1, 0.15) is 5.69 Å². The van der Waals surface area contributed by atoms with Crippen molar-refractivity contribution >= 4 is 0 Å². The van der Waals surface area contributed by atoms with E-state index in [4.69, 9.17) is 10.4 Å². The molecule has 76 valence electrons. The monoisotopic (exact) mass is 204 g/mol. The van der Waals surface area contributed by atoms with Gasteiger partial charge in [0.05, 0.1) is 6.54 Å². The molecule has 0 amide bonds. The lowest BCUT2D eigenvalue weighted by molar-refractivity contribution is -0.207. The van der Waals surface area contributed by atoms with Crippen LogP contribution in [0.2, 0.25) is 0 Å². The van der Waals surface area contributed by atoms with E-state index in [1.165, 1.54) is 18.3 Å². The molecule has 0 fully saturated rings. The number of hydrogen-bond acceptors (Lipinski definition) is 2. The smallest absolute Gasteiger partial charge is 0.382 e. The molecule has 0 aromatic carbocycles. The number of aliphatic hydroxyl groups excluding tert-OH is 1. The van der Waals surface area contributed by atoms with E-state index >= 15 is 0 Å². The molecule has 0 saturated heterocycles. The van der Waals surface area contributed by atoms with E-state index in [1.807, 2.05) is 0 Å². The fourth-order valence-corrected chi connectivity index (χ4v) is 0.965. The molecule has 1 atom stereocenters. The van der Waals surface area contributed by atoms with Crippen molar-refractivity contribution in [3.8, 4) is 6.07 Å². The molecule has 1 aromatic heterocycles. The van der Waals surface area contributed by atoms with Crippen molar-refractivity contribution in [2.24, 2.45) is 0 Å². The molecule has 1 unspecified atom stereocenters. The molecule has 3 nitrogen and oxygen atoms in total. The molecule has 1 heterocycles. The average Bonchev–Trinajstić information content (AvgIpc) is 2.50. The summed E-state index contributed by atoms with van der Waals surface area (Å²) in [6, 6.07) is 4.54. The fraction of sp³-hybridized carbons (Fsp3) is 0.375. The summed E-state index contributed by atoms with van der Waals surface area (Å²) < 4.78 is 36.8. The number of aromatic nitrogens is 1. The Hall–Kier alpha value is -1.48. The zero-order valence-corrected chi connectivity index (χ0v) is 6.99. The molecular formula is C8H7F3N2O. The number of rotatable bonds is 2. The second-order valence-electron chi connectivity index (χ2n) is 2.72. The maximum atomic E-state index is 11.9. The van der Waals surface area contributed by atoms with Crippen LogP contribution in [0.25, 0.3) is 0 Å². The van der Waals surface area contributed by atoms with E-state index in [0.29, 0.717) is 0 Å². The third kappa shape index (κ3) is 2.26. The average molecular weight is 204 g/mol. The first kappa shape index (κ1) is 10.6. The first-order valence-electron chi connectivity index (χ1n) is 3.75. The number of nitrogens with zero attached hydrogens (tertiary/aromatic N) is 2. The summed E-state index contributed by atoms with van der Waals surface area (Å²) in [5.41, 5.74) is 0.0910. The molecule has 1 rings (SSSR count). The maximum Gasteiger partial charge on any atom is 0.416 e. The number of alkyl halides is 3. The van der Waals surface area contributed by atoms with Gasteiger partial charge in [-0.05, 0) is 12.1 Å². The lowest BCUT2D eigenvalue weighted by Crippen LogP contribution is -2.32. The first-order valence-corrected chi connectivity index (χ1v) is 3.75. The fourth-order valence-electron chi connectivity index (χ4n) is 0.965. The predicted molar refractivity (Wildman–Crippen MR) is 41.2 cm³/mol. The van der Waals surface area contributed by atoms with Gasteiger partial charge in [-0.1, -0.05) is 0 Å². The van der Waals surface area contributed by atoms with Gasteiger partial charge in [0.15, 0.2) is 6.10 Å². The summed E-state index contributed by atoms with van der Waals surface area (Å²) in [4.78, 5) is 0. The Bertz CT molecular complexity index is 350. The second-order valence-corrected chi connectivity index (χ2v) is 2.72. The normalized spacial score (nSPS) is 13.6. The predicted octanol–water partition coefficient (Wildman–Crippen LogP) is 1.28. The van der Waals surface area contributed by atoms with Crippen LogP contribution >= 0.6 is 0 Å². The lowest BCUT2D eigenvalue weighted by Gasteiger charge is -2.15. The van der Waals surface area contributed by atoms with Crippen molar-refractivity contribution in [3.05, 3.63) is 24.0 Å². The molecule has 0 aliphatic rings. The van der Waals surface area contributed by atoms with E-state index in [1.54, 1.807) is 6.07 Å². The molecule has 14 heavy (non-hydrogen) atoms. The molecule has 0 radical (unpaired) electrons. The minimum absolute atomic E-state index is 0.0910. The molecular weight excluding hydrogens is 197 g/mol. The number of halogens is 3. The van der Waals surface area contributed by atoms with E-state index in [2.05, 4.69) is 0 Å². The van der Waals surface area contributed by atoms with Gasteiger partial charge in [-0.15, -0.1) is 0 Å². The molecule has 6 heteroatoms. The molecule has 1 aromatic rings. The number of nitriles is 1. The third-order valence-corrected chi connectivity index (χ3v) is 1.69. The first-order chi connectivity index (χ1) is 6.45. The van der Waals surface area contributed by atoms with Crippen LogP contribution < -0.4 is 0 Å². The van der Waals surface area contributed by atoms with Crippen LogP contribution in [0.5, 0.6) is 0 Å². The number of aliphatic hydroxyl groups is 1. The van der Waals surface area contributed by atoms with Gasteiger partial charge in [0.2, 0.25) is 0 Å². The Morgan fingerprint density at radius 1 is 1.57 bits per heavy atom. The quantitative estimate of drug-likeness (QED) is 0.788. The summed E-state index contributed by atoms with van der Waals surface area (Å²) >= 11 is 0. The topological polar surface area (TPSA) is 49.0 Å². The number of hydrogen-bond donors (Lipinski definition) is 1. The highest BCUT2D eigenvalue weighted by Gasteiger charge is 2.38. The minimum Gasteiger partial charge on any atom is -0.382 e. The standard InChI is InChI=1S/C8H7F3N2O/c9-8(10,11)7(14)5-13-3-1-2-6(13)4-12/h1-3,7,14H,5H2. The zero-order chi connectivity index (χ0) is 10.8. The highest BCUT2D eigenvalue weighted by molar-refractivity contribution is 5.22. The molecule has 1 N–H and O–H groups in total. The van der Waals surface area contributed by atoms with Crippen LogP contribution in [0.3, 0.4) is 0 Å². The SMILES string of the molecule is N#Cc1cccn1CC(O)C(F)(F)F. The van der Waals surface area contributed by atoms with Crippen molar-refractivity contribution in [1.29, 1.82) is 5.26 Å². The van der Waals surface area contributed by atoms with Crippen LogP contribution in [-0.4, -0.2) is 22.0 Å². The largest absolute Gasteiger partial charge is 0.416 e. The third-order valence-electron chi connectivity index (χ3n) is 1.69. The van der Waals surface area contributed by atoms with Gasteiger partial charge >= 0.3 is 6.18 Å². The van der Waals surface area contributed by atoms with Gasteiger partial charge in [-0.3, -0.25) is 0 Å². The van der Waals surface area contributed by atoms with E-state index in [-0.39, 0.29) is 5.69 Å². The van der Waals surface area contributed by atoms with Crippen molar-refractivity contribution in [1.82, 2.24) is 4.57 Å². The lowest BCUT2D eigenvalue weighted by atomic mass is 10.3. The molecule has 0 spiro atoms. The van der Waals surface area contributed by atoms with Gasteiger partial charge in [-0.25, -0.2) is 0 Å². The molecule has 0 aliphatic heterocycles.